The van der Waals surface area contributed by atoms with E-state index in [9.17, 15) is 0 Å². The molecule has 0 spiro atoms. The molecule has 0 amide bonds. The van der Waals surface area contributed by atoms with Crippen molar-refractivity contribution < 1.29 is 0 Å². The molecule has 0 aliphatic heterocycles. The van der Waals surface area contributed by atoms with Crippen molar-refractivity contribution in [2.24, 2.45) is 17.8 Å². The molecule has 0 heterocycles. The Balaban J connectivity index is 2.59. The van der Waals surface area contributed by atoms with Gasteiger partial charge < -0.3 is 0 Å². The zero-order chi connectivity index (χ0) is 9.14. The lowest BCUT2D eigenvalue weighted by Crippen LogP contribution is -2.22. The smallest absolute Gasteiger partial charge is 0.0289 e. The summed E-state index contributed by atoms with van der Waals surface area (Å²) in [5, 5.41) is 0. The Morgan fingerprint density at radius 1 is 1.58 bits per heavy atom. The summed E-state index contributed by atoms with van der Waals surface area (Å²) in [6.45, 7) is 9.39. The Hall–Kier alpha value is -0.260. The van der Waals surface area contributed by atoms with Crippen LogP contribution in [0.1, 0.15) is 47.0 Å². The molecule has 0 heteroatoms. The fourth-order valence-corrected chi connectivity index (χ4v) is 2.28. The minimum atomic E-state index is 0.906. The topological polar surface area (TPSA) is 0 Å². The van der Waals surface area contributed by atoms with Crippen LogP contribution in [0, 0.1) is 17.8 Å². The van der Waals surface area contributed by atoms with Gasteiger partial charge in [0.25, 0.3) is 0 Å². The molecular weight excluding hydrogens is 144 g/mol. The summed E-state index contributed by atoms with van der Waals surface area (Å²) >= 11 is 0. The van der Waals surface area contributed by atoms with Gasteiger partial charge in [-0.25, -0.2) is 0 Å². The molecule has 0 aromatic carbocycles. The lowest BCUT2D eigenvalue weighted by molar-refractivity contribution is 0.237. The van der Waals surface area contributed by atoms with Gasteiger partial charge in [0.2, 0.25) is 0 Å². The highest BCUT2D eigenvalue weighted by Gasteiger charge is 2.24. The SMILES string of the molecule is CC[C@H](C)C1CC(C)=CCC1C. The first kappa shape index (κ1) is 9.83. The molecule has 12 heavy (non-hydrogen) atoms. The van der Waals surface area contributed by atoms with E-state index < -0.39 is 0 Å². The third kappa shape index (κ3) is 2.12. The summed E-state index contributed by atoms with van der Waals surface area (Å²) in [6, 6.07) is 0. The molecule has 0 saturated carbocycles. The average Bonchev–Trinajstić information content (AvgIpc) is 2.08. The van der Waals surface area contributed by atoms with Crippen LogP contribution in [0.4, 0.5) is 0 Å². The standard InChI is InChI=1S/C12H22/c1-5-10(3)12-8-9(2)6-7-11(12)4/h6,10-12H,5,7-8H2,1-4H3/t10-,11?,12?/m0/s1. The van der Waals surface area contributed by atoms with Gasteiger partial charge in [0.15, 0.2) is 0 Å². The Morgan fingerprint density at radius 3 is 2.83 bits per heavy atom. The van der Waals surface area contributed by atoms with Gasteiger partial charge in [0.1, 0.15) is 0 Å². The van der Waals surface area contributed by atoms with Crippen LogP contribution in [-0.2, 0) is 0 Å². The minimum absolute atomic E-state index is 0.906. The monoisotopic (exact) mass is 166 g/mol. The lowest BCUT2D eigenvalue weighted by Gasteiger charge is -2.32. The normalized spacial score (nSPS) is 32.8. The van der Waals surface area contributed by atoms with Crippen molar-refractivity contribution in [2.75, 3.05) is 0 Å². The lowest BCUT2D eigenvalue weighted by atomic mass is 9.73. The molecule has 0 aromatic rings. The summed E-state index contributed by atoms with van der Waals surface area (Å²) in [5.41, 5.74) is 1.61. The van der Waals surface area contributed by atoms with Crippen molar-refractivity contribution in [1.29, 1.82) is 0 Å². The summed E-state index contributed by atoms with van der Waals surface area (Å²) < 4.78 is 0. The molecule has 0 radical (unpaired) electrons. The molecule has 0 bridgehead atoms. The van der Waals surface area contributed by atoms with Gasteiger partial charge in [-0.05, 0) is 37.5 Å². The van der Waals surface area contributed by atoms with E-state index in [4.69, 9.17) is 0 Å². The summed E-state index contributed by atoms with van der Waals surface area (Å²) in [7, 11) is 0. The molecule has 70 valence electrons. The van der Waals surface area contributed by atoms with Crippen LogP contribution in [0.3, 0.4) is 0 Å². The highest BCUT2D eigenvalue weighted by atomic mass is 14.3. The van der Waals surface area contributed by atoms with E-state index in [0.717, 1.165) is 17.8 Å². The van der Waals surface area contributed by atoms with Crippen LogP contribution < -0.4 is 0 Å². The Morgan fingerprint density at radius 2 is 2.25 bits per heavy atom. The molecule has 2 unspecified atom stereocenters. The summed E-state index contributed by atoms with van der Waals surface area (Å²) in [5.74, 6) is 2.76. The first-order valence-corrected chi connectivity index (χ1v) is 5.30. The first-order chi connectivity index (χ1) is 5.65. The van der Waals surface area contributed by atoms with Gasteiger partial charge in [-0.3, -0.25) is 0 Å². The molecule has 0 nitrogen and oxygen atoms in total. The zero-order valence-electron chi connectivity index (χ0n) is 8.93. The Bertz CT molecular complexity index is 167. The number of hydrogen-bond acceptors (Lipinski definition) is 0. The van der Waals surface area contributed by atoms with Crippen molar-refractivity contribution in [3.8, 4) is 0 Å². The molecule has 0 saturated heterocycles. The van der Waals surface area contributed by atoms with Gasteiger partial charge in [-0.15, -0.1) is 0 Å². The number of hydrogen-bond donors (Lipinski definition) is 0. The molecular formula is C12H22. The van der Waals surface area contributed by atoms with E-state index in [1.54, 1.807) is 5.57 Å². The van der Waals surface area contributed by atoms with Crippen LogP contribution in [-0.4, -0.2) is 0 Å². The average molecular weight is 166 g/mol. The highest BCUT2D eigenvalue weighted by molar-refractivity contribution is 5.05. The highest BCUT2D eigenvalue weighted by Crippen LogP contribution is 2.35. The predicted molar refractivity (Wildman–Crippen MR) is 55.1 cm³/mol. The van der Waals surface area contributed by atoms with E-state index in [0.29, 0.717) is 0 Å². The van der Waals surface area contributed by atoms with Crippen LogP contribution in [0.2, 0.25) is 0 Å². The van der Waals surface area contributed by atoms with E-state index in [1.807, 2.05) is 0 Å². The molecule has 0 aromatic heterocycles. The third-order valence-electron chi connectivity index (χ3n) is 3.50. The van der Waals surface area contributed by atoms with Crippen molar-refractivity contribution >= 4 is 0 Å². The predicted octanol–water partition coefficient (Wildman–Crippen LogP) is 4.02. The van der Waals surface area contributed by atoms with Crippen LogP contribution in [0.15, 0.2) is 11.6 Å². The van der Waals surface area contributed by atoms with E-state index in [-0.39, 0.29) is 0 Å². The number of rotatable bonds is 2. The Kier molecular flexibility index (Phi) is 3.37. The molecule has 1 aliphatic rings. The van der Waals surface area contributed by atoms with E-state index >= 15 is 0 Å². The summed E-state index contributed by atoms with van der Waals surface area (Å²) in [6.07, 6.45) is 6.41. The Labute approximate surface area is 77.1 Å². The van der Waals surface area contributed by atoms with Gasteiger partial charge >= 0.3 is 0 Å². The largest absolute Gasteiger partial charge is 0.0853 e. The van der Waals surface area contributed by atoms with Gasteiger partial charge in [-0.1, -0.05) is 38.8 Å². The number of allylic oxidation sites excluding steroid dienone is 2. The van der Waals surface area contributed by atoms with Gasteiger partial charge in [-0.2, -0.15) is 0 Å². The second-order valence-corrected chi connectivity index (χ2v) is 4.52. The third-order valence-corrected chi connectivity index (χ3v) is 3.50. The van der Waals surface area contributed by atoms with E-state index in [1.165, 1.54) is 19.3 Å². The molecule has 3 atom stereocenters. The van der Waals surface area contributed by atoms with Crippen molar-refractivity contribution in [2.45, 2.75) is 47.0 Å². The summed E-state index contributed by atoms with van der Waals surface area (Å²) in [4.78, 5) is 0. The first-order valence-electron chi connectivity index (χ1n) is 5.30. The van der Waals surface area contributed by atoms with Crippen LogP contribution in [0.5, 0.6) is 0 Å². The van der Waals surface area contributed by atoms with Crippen LogP contribution >= 0.6 is 0 Å². The molecule has 0 N–H and O–H groups in total. The maximum Gasteiger partial charge on any atom is -0.0289 e. The quantitative estimate of drug-likeness (QED) is 0.543. The maximum atomic E-state index is 2.42. The van der Waals surface area contributed by atoms with Crippen molar-refractivity contribution in [1.82, 2.24) is 0 Å². The molecule has 1 aliphatic carbocycles. The minimum Gasteiger partial charge on any atom is -0.0853 e. The fourth-order valence-electron chi connectivity index (χ4n) is 2.28. The van der Waals surface area contributed by atoms with Crippen molar-refractivity contribution in [3.05, 3.63) is 11.6 Å². The molecule has 0 fully saturated rings. The second kappa shape index (κ2) is 4.11. The fraction of sp³-hybridized carbons (Fsp3) is 0.833. The van der Waals surface area contributed by atoms with E-state index in [2.05, 4.69) is 33.8 Å². The van der Waals surface area contributed by atoms with Gasteiger partial charge in [0.05, 0.1) is 0 Å². The van der Waals surface area contributed by atoms with Gasteiger partial charge in [0, 0.05) is 0 Å². The van der Waals surface area contributed by atoms with Crippen molar-refractivity contribution in [3.63, 3.8) is 0 Å². The maximum absolute atomic E-state index is 2.42. The molecule has 1 rings (SSSR count). The van der Waals surface area contributed by atoms with Crippen LogP contribution in [0.25, 0.3) is 0 Å². The zero-order valence-corrected chi connectivity index (χ0v) is 8.93. The second-order valence-electron chi connectivity index (χ2n) is 4.52.